The normalized spacial score (nSPS) is 22.2. The van der Waals surface area contributed by atoms with Crippen molar-refractivity contribution in [1.82, 2.24) is 24.7 Å². The number of rotatable bonds is 4. The van der Waals surface area contributed by atoms with Gasteiger partial charge in [0, 0.05) is 38.1 Å². The van der Waals surface area contributed by atoms with Crippen LogP contribution in [0.5, 0.6) is 0 Å². The fourth-order valence-electron chi connectivity index (χ4n) is 4.46. The van der Waals surface area contributed by atoms with Crippen LogP contribution in [0.2, 0.25) is 0 Å². The average molecular weight is 370 g/mol. The number of benzene rings is 1. The lowest BCUT2D eigenvalue weighted by Gasteiger charge is -2.32. The fraction of sp³-hybridized carbons (Fsp3) is 0.619. The molecule has 2 fully saturated rings. The van der Waals surface area contributed by atoms with Crippen LogP contribution in [-0.4, -0.2) is 83.4 Å². The Bertz CT molecular complexity index is 806. The second-order valence-corrected chi connectivity index (χ2v) is 8.39. The zero-order valence-corrected chi connectivity index (χ0v) is 16.7. The average Bonchev–Trinajstić information content (AvgIpc) is 3.30. The SMILES string of the molecule is Cc1cccc2[nH]c(C3CCN(C(=O)CN4CC[C@H](N(C)C)C4)CC3)nc12. The van der Waals surface area contributed by atoms with Crippen LogP contribution in [0.1, 0.15) is 36.6 Å². The summed E-state index contributed by atoms with van der Waals surface area (Å²) < 4.78 is 0. The lowest BCUT2D eigenvalue weighted by Crippen LogP contribution is -2.44. The van der Waals surface area contributed by atoms with Gasteiger partial charge in [0.05, 0.1) is 17.6 Å². The van der Waals surface area contributed by atoms with E-state index in [1.807, 2.05) is 4.90 Å². The van der Waals surface area contributed by atoms with Gasteiger partial charge in [-0.2, -0.15) is 0 Å². The number of carbonyl (C=O) groups is 1. The molecule has 1 aromatic heterocycles. The molecule has 0 unspecified atom stereocenters. The minimum absolute atomic E-state index is 0.285. The summed E-state index contributed by atoms with van der Waals surface area (Å²) in [6.07, 6.45) is 3.14. The van der Waals surface area contributed by atoms with E-state index >= 15 is 0 Å². The third-order valence-electron chi connectivity index (χ3n) is 6.30. The number of amides is 1. The molecule has 0 radical (unpaired) electrons. The Balaban J connectivity index is 1.32. The van der Waals surface area contributed by atoms with Crippen LogP contribution >= 0.6 is 0 Å². The molecular weight excluding hydrogens is 338 g/mol. The summed E-state index contributed by atoms with van der Waals surface area (Å²) in [5.74, 6) is 1.79. The summed E-state index contributed by atoms with van der Waals surface area (Å²) in [4.78, 5) is 27.7. The number of piperidine rings is 1. The van der Waals surface area contributed by atoms with E-state index < -0.39 is 0 Å². The number of fused-ring (bicyclic) bond motifs is 1. The molecule has 1 aromatic carbocycles. The monoisotopic (exact) mass is 369 g/mol. The Morgan fingerprint density at radius 2 is 2.00 bits per heavy atom. The number of aromatic nitrogens is 2. The first-order chi connectivity index (χ1) is 13.0. The molecule has 6 heteroatoms. The smallest absolute Gasteiger partial charge is 0.236 e. The van der Waals surface area contributed by atoms with E-state index in [1.165, 1.54) is 5.56 Å². The number of aromatic amines is 1. The van der Waals surface area contributed by atoms with Crippen molar-refractivity contribution in [2.75, 3.05) is 46.8 Å². The van der Waals surface area contributed by atoms with E-state index in [2.05, 4.69) is 54.0 Å². The van der Waals surface area contributed by atoms with Crippen molar-refractivity contribution in [1.29, 1.82) is 0 Å². The Morgan fingerprint density at radius 1 is 1.22 bits per heavy atom. The predicted octanol–water partition coefficient (Wildman–Crippen LogP) is 2.21. The van der Waals surface area contributed by atoms with Crippen molar-refractivity contribution < 1.29 is 4.79 Å². The Morgan fingerprint density at radius 3 is 2.67 bits per heavy atom. The molecule has 146 valence electrons. The topological polar surface area (TPSA) is 55.5 Å². The number of likely N-dealkylation sites (tertiary alicyclic amines) is 2. The largest absolute Gasteiger partial charge is 0.342 e. The maximum absolute atomic E-state index is 12.7. The fourth-order valence-corrected chi connectivity index (χ4v) is 4.46. The molecule has 2 aliphatic rings. The maximum atomic E-state index is 12.7. The van der Waals surface area contributed by atoms with Crippen LogP contribution in [0.25, 0.3) is 11.0 Å². The third kappa shape index (κ3) is 3.87. The van der Waals surface area contributed by atoms with Crippen molar-refractivity contribution >= 4 is 16.9 Å². The molecule has 2 saturated heterocycles. The highest BCUT2D eigenvalue weighted by molar-refractivity contribution is 5.79. The summed E-state index contributed by atoms with van der Waals surface area (Å²) in [7, 11) is 4.25. The molecule has 2 aliphatic heterocycles. The minimum Gasteiger partial charge on any atom is -0.342 e. The van der Waals surface area contributed by atoms with Crippen LogP contribution in [0.3, 0.4) is 0 Å². The Labute approximate surface area is 161 Å². The van der Waals surface area contributed by atoms with Gasteiger partial charge in [-0.1, -0.05) is 12.1 Å². The first-order valence-corrected chi connectivity index (χ1v) is 10.1. The Hall–Kier alpha value is -1.92. The van der Waals surface area contributed by atoms with Gasteiger partial charge in [-0.05, 0) is 51.9 Å². The maximum Gasteiger partial charge on any atom is 0.236 e. The van der Waals surface area contributed by atoms with Gasteiger partial charge in [0.2, 0.25) is 5.91 Å². The second kappa shape index (κ2) is 7.60. The molecule has 0 saturated carbocycles. The van der Waals surface area contributed by atoms with Crippen molar-refractivity contribution in [2.45, 2.75) is 38.1 Å². The molecular formula is C21H31N5O. The Kier molecular flexibility index (Phi) is 5.19. The zero-order chi connectivity index (χ0) is 19.0. The van der Waals surface area contributed by atoms with Crippen molar-refractivity contribution in [2.24, 2.45) is 0 Å². The molecule has 1 amide bonds. The number of imidazole rings is 1. The molecule has 0 spiro atoms. The van der Waals surface area contributed by atoms with Gasteiger partial charge in [0.1, 0.15) is 5.82 Å². The van der Waals surface area contributed by atoms with Gasteiger partial charge in [0.15, 0.2) is 0 Å². The third-order valence-corrected chi connectivity index (χ3v) is 6.30. The van der Waals surface area contributed by atoms with E-state index in [-0.39, 0.29) is 5.91 Å². The summed E-state index contributed by atoms with van der Waals surface area (Å²) in [6, 6.07) is 6.85. The van der Waals surface area contributed by atoms with E-state index in [4.69, 9.17) is 4.98 Å². The molecule has 0 bridgehead atoms. The van der Waals surface area contributed by atoms with Crippen molar-refractivity contribution in [3.05, 3.63) is 29.6 Å². The van der Waals surface area contributed by atoms with Crippen molar-refractivity contribution in [3.63, 3.8) is 0 Å². The summed E-state index contributed by atoms with van der Waals surface area (Å²) >= 11 is 0. The van der Waals surface area contributed by atoms with E-state index in [1.54, 1.807) is 0 Å². The number of likely N-dealkylation sites (N-methyl/N-ethyl adjacent to an activating group) is 1. The standard InChI is InChI=1S/C21H31N5O/c1-15-5-4-6-18-20(15)23-21(22-18)16-7-11-26(12-8-16)19(27)14-25-10-9-17(13-25)24(2)3/h4-6,16-17H,7-14H2,1-3H3,(H,22,23)/t17-/m0/s1. The van der Waals surface area contributed by atoms with Crippen LogP contribution < -0.4 is 0 Å². The summed E-state index contributed by atoms with van der Waals surface area (Å²) in [6.45, 7) is 6.39. The van der Waals surface area contributed by atoms with Gasteiger partial charge in [-0.3, -0.25) is 9.69 Å². The first-order valence-electron chi connectivity index (χ1n) is 10.1. The van der Waals surface area contributed by atoms with E-state index in [9.17, 15) is 4.79 Å². The van der Waals surface area contributed by atoms with Crippen LogP contribution in [0.15, 0.2) is 18.2 Å². The van der Waals surface area contributed by atoms with E-state index in [0.29, 0.717) is 18.5 Å². The number of hydrogen-bond acceptors (Lipinski definition) is 4. The summed E-state index contributed by atoms with van der Waals surface area (Å²) in [5, 5.41) is 0. The number of nitrogens with one attached hydrogen (secondary N) is 1. The predicted molar refractivity (Wildman–Crippen MR) is 108 cm³/mol. The second-order valence-electron chi connectivity index (χ2n) is 8.39. The number of H-pyrrole nitrogens is 1. The number of hydrogen-bond donors (Lipinski definition) is 1. The van der Waals surface area contributed by atoms with Crippen LogP contribution in [-0.2, 0) is 4.79 Å². The van der Waals surface area contributed by atoms with Gasteiger partial charge < -0.3 is 14.8 Å². The zero-order valence-electron chi connectivity index (χ0n) is 16.7. The lowest BCUT2D eigenvalue weighted by atomic mass is 9.96. The van der Waals surface area contributed by atoms with Crippen LogP contribution in [0, 0.1) is 6.92 Å². The highest BCUT2D eigenvalue weighted by Gasteiger charge is 2.29. The molecule has 0 aliphatic carbocycles. The molecule has 6 nitrogen and oxygen atoms in total. The minimum atomic E-state index is 0.285. The number of nitrogens with zero attached hydrogens (tertiary/aromatic N) is 4. The van der Waals surface area contributed by atoms with Gasteiger partial charge in [-0.25, -0.2) is 4.98 Å². The number of para-hydroxylation sites is 1. The quantitative estimate of drug-likeness (QED) is 0.898. The lowest BCUT2D eigenvalue weighted by molar-refractivity contribution is -0.133. The number of carbonyl (C=O) groups excluding carboxylic acids is 1. The van der Waals surface area contributed by atoms with Crippen molar-refractivity contribution in [3.8, 4) is 0 Å². The van der Waals surface area contributed by atoms with Crippen LogP contribution in [0.4, 0.5) is 0 Å². The van der Waals surface area contributed by atoms with E-state index in [0.717, 1.165) is 62.3 Å². The highest BCUT2D eigenvalue weighted by Crippen LogP contribution is 2.28. The molecule has 3 heterocycles. The molecule has 1 N–H and O–H groups in total. The first kappa shape index (κ1) is 18.4. The highest BCUT2D eigenvalue weighted by atomic mass is 16.2. The molecule has 2 aromatic rings. The number of aryl methyl sites for hydroxylation is 1. The van der Waals surface area contributed by atoms with Gasteiger partial charge in [0.25, 0.3) is 0 Å². The summed E-state index contributed by atoms with van der Waals surface area (Å²) in [5.41, 5.74) is 3.41. The van der Waals surface area contributed by atoms with Gasteiger partial charge in [-0.15, -0.1) is 0 Å². The van der Waals surface area contributed by atoms with Gasteiger partial charge >= 0.3 is 0 Å². The molecule has 1 atom stereocenters. The molecule has 4 rings (SSSR count). The molecule has 27 heavy (non-hydrogen) atoms.